The quantitative estimate of drug-likeness (QED) is 0.329. The smallest absolute Gasteiger partial charge is 0.201 e. The van der Waals surface area contributed by atoms with E-state index < -0.39 is 0 Å². The summed E-state index contributed by atoms with van der Waals surface area (Å²) in [5.41, 5.74) is 11.4. The minimum Gasteiger partial charge on any atom is -0.453 e. The summed E-state index contributed by atoms with van der Waals surface area (Å²) in [7, 11) is 0. The highest BCUT2D eigenvalue weighted by molar-refractivity contribution is 5.95. The Morgan fingerprint density at radius 1 is 0.889 bits per heavy atom. The molecule has 1 saturated carbocycles. The lowest BCUT2D eigenvalue weighted by atomic mass is 9.72. The first-order valence-electron chi connectivity index (χ1n) is 12.0. The molecule has 1 fully saturated rings. The van der Waals surface area contributed by atoms with E-state index in [0.717, 1.165) is 36.0 Å². The molecule has 1 aliphatic carbocycles. The third-order valence-electron chi connectivity index (χ3n) is 7.10. The van der Waals surface area contributed by atoms with E-state index in [4.69, 9.17) is 10.2 Å². The molecule has 174 valence electrons. The topological polar surface area (TPSA) is 92.9 Å². The number of rotatable bonds is 4. The van der Waals surface area contributed by atoms with Gasteiger partial charge in [-0.1, -0.05) is 66.7 Å². The average molecular weight is 470 g/mol. The van der Waals surface area contributed by atoms with Gasteiger partial charge in [-0.25, -0.2) is 0 Å². The first-order chi connectivity index (χ1) is 17.6. The lowest BCUT2D eigenvalue weighted by Crippen LogP contribution is -2.43. The van der Waals surface area contributed by atoms with E-state index in [1.54, 1.807) is 30.5 Å². The van der Waals surface area contributed by atoms with Crippen molar-refractivity contribution in [2.75, 3.05) is 0 Å². The largest absolute Gasteiger partial charge is 0.453 e. The summed E-state index contributed by atoms with van der Waals surface area (Å²) in [6.45, 7) is 0. The van der Waals surface area contributed by atoms with Crippen LogP contribution in [0.3, 0.4) is 0 Å². The van der Waals surface area contributed by atoms with Gasteiger partial charge < -0.3 is 10.2 Å². The van der Waals surface area contributed by atoms with Crippen LogP contribution in [0.5, 0.6) is 0 Å². The van der Waals surface area contributed by atoms with Crippen molar-refractivity contribution in [3.05, 3.63) is 112 Å². The third-order valence-corrected chi connectivity index (χ3v) is 7.10. The van der Waals surface area contributed by atoms with Crippen molar-refractivity contribution in [1.29, 1.82) is 5.26 Å². The molecule has 5 aromatic rings. The Morgan fingerprint density at radius 3 is 2.33 bits per heavy atom. The Kier molecular flexibility index (Phi) is 5.25. The second-order valence-corrected chi connectivity index (χ2v) is 9.32. The number of nitriles is 1. The molecular weight excluding hydrogens is 446 g/mol. The highest BCUT2D eigenvalue weighted by Crippen LogP contribution is 2.40. The van der Waals surface area contributed by atoms with Gasteiger partial charge in [-0.15, -0.1) is 0 Å². The maximum absolute atomic E-state index is 14.0. The molecule has 0 atom stereocenters. The van der Waals surface area contributed by atoms with Crippen LogP contribution in [0.15, 0.2) is 100 Å². The summed E-state index contributed by atoms with van der Waals surface area (Å²) < 4.78 is 6.53. The van der Waals surface area contributed by atoms with Crippen LogP contribution in [0.1, 0.15) is 30.4 Å². The zero-order chi connectivity index (χ0) is 24.7. The number of hydrogen-bond acceptors (Lipinski definition) is 5. The monoisotopic (exact) mass is 469 g/mol. The van der Waals surface area contributed by atoms with Crippen LogP contribution in [-0.2, 0) is 5.54 Å². The van der Waals surface area contributed by atoms with Crippen LogP contribution >= 0.6 is 0 Å². The molecule has 2 heterocycles. The summed E-state index contributed by atoms with van der Waals surface area (Å²) in [5, 5.41) is 9.80. The maximum Gasteiger partial charge on any atom is 0.201 e. The number of hydrogen-bond donors (Lipinski definition) is 1. The van der Waals surface area contributed by atoms with E-state index in [1.165, 1.54) is 0 Å². The molecule has 0 amide bonds. The molecule has 2 aromatic heterocycles. The lowest BCUT2D eigenvalue weighted by molar-refractivity contribution is 0.253. The second kappa shape index (κ2) is 8.60. The van der Waals surface area contributed by atoms with E-state index in [0.29, 0.717) is 39.1 Å². The van der Waals surface area contributed by atoms with E-state index in [9.17, 15) is 10.1 Å². The van der Waals surface area contributed by atoms with Gasteiger partial charge in [0, 0.05) is 22.9 Å². The van der Waals surface area contributed by atoms with E-state index in [2.05, 4.69) is 11.1 Å². The van der Waals surface area contributed by atoms with Gasteiger partial charge in [0.05, 0.1) is 22.6 Å². The standard InChI is InChI=1S/C31H23N3O2/c32-19-20-6-4-9-23(18-20)27-30-25(14-17-34-27)28(35)26(29(36-30)22-7-2-1-3-8-22)21-10-12-24(13-11-21)31(33)15-5-16-31/h1-4,6-14,17-18H,5,15-16,33H2. The molecule has 0 radical (unpaired) electrons. The number of nitrogens with two attached hydrogens (primary N) is 1. The van der Waals surface area contributed by atoms with E-state index in [-0.39, 0.29) is 11.0 Å². The van der Waals surface area contributed by atoms with Gasteiger partial charge in [0.15, 0.2) is 5.58 Å². The zero-order valence-electron chi connectivity index (χ0n) is 19.6. The van der Waals surface area contributed by atoms with E-state index in [1.807, 2.05) is 60.7 Å². The molecule has 2 N–H and O–H groups in total. The molecule has 6 rings (SSSR count). The average Bonchev–Trinajstić information content (AvgIpc) is 2.92. The fourth-order valence-corrected chi connectivity index (χ4v) is 4.93. The summed E-state index contributed by atoms with van der Waals surface area (Å²) >= 11 is 0. The minimum absolute atomic E-state index is 0.131. The van der Waals surface area contributed by atoms with Crippen molar-refractivity contribution < 1.29 is 4.42 Å². The van der Waals surface area contributed by atoms with Crippen molar-refractivity contribution in [1.82, 2.24) is 4.98 Å². The maximum atomic E-state index is 14.0. The fourth-order valence-electron chi connectivity index (χ4n) is 4.93. The first kappa shape index (κ1) is 22.0. The third kappa shape index (κ3) is 3.60. The molecule has 5 heteroatoms. The van der Waals surface area contributed by atoms with Crippen LogP contribution in [0.2, 0.25) is 0 Å². The zero-order valence-corrected chi connectivity index (χ0v) is 19.6. The van der Waals surface area contributed by atoms with Gasteiger partial charge in [-0.2, -0.15) is 5.26 Å². The second-order valence-electron chi connectivity index (χ2n) is 9.32. The molecule has 1 aliphatic rings. The number of benzene rings is 3. The molecule has 0 unspecified atom stereocenters. The van der Waals surface area contributed by atoms with Gasteiger partial charge >= 0.3 is 0 Å². The summed E-state index contributed by atoms with van der Waals surface area (Å²) in [5.74, 6) is 0.484. The Balaban J connectivity index is 1.61. The molecule has 0 aliphatic heterocycles. The van der Waals surface area contributed by atoms with Crippen LogP contribution < -0.4 is 11.2 Å². The highest BCUT2D eigenvalue weighted by atomic mass is 16.3. The van der Waals surface area contributed by atoms with Gasteiger partial charge in [-0.3, -0.25) is 9.78 Å². The van der Waals surface area contributed by atoms with Gasteiger partial charge in [0.1, 0.15) is 11.5 Å². The molecular formula is C31H23N3O2. The lowest BCUT2D eigenvalue weighted by Gasteiger charge is -2.38. The number of fused-ring (bicyclic) bond motifs is 1. The van der Waals surface area contributed by atoms with Crippen molar-refractivity contribution >= 4 is 11.0 Å². The van der Waals surface area contributed by atoms with Gasteiger partial charge in [0.2, 0.25) is 5.43 Å². The number of nitrogens with zero attached hydrogens (tertiary/aromatic N) is 2. The summed E-state index contributed by atoms with van der Waals surface area (Å²) in [4.78, 5) is 18.5. The molecule has 5 nitrogen and oxygen atoms in total. The Hall–Kier alpha value is -4.53. The first-order valence-corrected chi connectivity index (χ1v) is 12.0. The predicted octanol–water partition coefficient (Wildman–Crippen LogP) is 6.40. The number of aromatic nitrogens is 1. The molecule has 36 heavy (non-hydrogen) atoms. The molecule has 0 saturated heterocycles. The Morgan fingerprint density at radius 2 is 1.64 bits per heavy atom. The van der Waals surface area contributed by atoms with E-state index >= 15 is 0 Å². The van der Waals surface area contributed by atoms with Crippen molar-refractivity contribution in [2.24, 2.45) is 5.73 Å². The van der Waals surface area contributed by atoms with Gasteiger partial charge in [-0.05, 0) is 48.6 Å². The summed E-state index contributed by atoms with van der Waals surface area (Å²) in [6.07, 6.45) is 4.70. The minimum atomic E-state index is -0.270. The van der Waals surface area contributed by atoms with Crippen molar-refractivity contribution in [2.45, 2.75) is 24.8 Å². The fraction of sp³-hybridized carbons (Fsp3) is 0.129. The van der Waals surface area contributed by atoms with Crippen LogP contribution in [0, 0.1) is 11.3 Å². The predicted molar refractivity (Wildman–Crippen MR) is 141 cm³/mol. The molecule has 0 bridgehead atoms. The van der Waals surface area contributed by atoms with Crippen molar-refractivity contribution in [3.63, 3.8) is 0 Å². The highest BCUT2D eigenvalue weighted by Gasteiger charge is 2.34. The Labute approximate surface area is 208 Å². The summed E-state index contributed by atoms with van der Waals surface area (Å²) in [6, 6.07) is 28.6. The normalized spacial score (nSPS) is 14.2. The Bertz CT molecular complexity index is 1690. The SMILES string of the molecule is N#Cc1cccc(-c2nccc3c(=O)c(-c4ccc(C5(N)CCC5)cc4)c(-c4ccccc4)oc23)c1. The van der Waals surface area contributed by atoms with Crippen LogP contribution in [0.25, 0.3) is 44.7 Å². The van der Waals surface area contributed by atoms with Crippen molar-refractivity contribution in [3.8, 4) is 39.8 Å². The number of pyridine rings is 1. The molecule has 3 aromatic carbocycles. The van der Waals surface area contributed by atoms with Crippen LogP contribution in [-0.4, -0.2) is 4.98 Å². The van der Waals surface area contributed by atoms with Crippen LogP contribution in [0.4, 0.5) is 0 Å². The van der Waals surface area contributed by atoms with Gasteiger partial charge in [0.25, 0.3) is 0 Å². The molecule has 0 spiro atoms.